The van der Waals surface area contributed by atoms with E-state index in [1.165, 1.54) is 0 Å². The van der Waals surface area contributed by atoms with Gasteiger partial charge in [0, 0.05) is 19.3 Å². The lowest BCUT2D eigenvalue weighted by Gasteiger charge is -2.02. The highest BCUT2D eigenvalue weighted by Crippen LogP contribution is 2.12. The monoisotopic (exact) mass is 210 g/mol. The van der Waals surface area contributed by atoms with Crippen molar-refractivity contribution < 1.29 is 9.53 Å². The van der Waals surface area contributed by atoms with Gasteiger partial charge in [-0.05, 0) is 20.3 Å². The molecule has 1 heterocycles. The van der Waals surface area contributed by atoms with E-state index in [1.54, 1.807) is 4.68 Å². The largest absolute Gasteiger partial charge is 0.373 e. The van der Waals surface area contributed by atoms with Crippen LogP contribution < -0.4 is 0 Å². The highest BCUT2D eigenvalue weighted by atomic mass is 16.5. The van der Waals surface area contributed by atoms with Gasteiger partial charge in [-0.25, -0.2) is 0 Å². The van der Waals surface area contributed by atoms with Crippen molar-refractivity contribution >= 4 is 5.78 Å². The van der Waals surface area contributed by atoms with Gasteiger partial charge < -0.3 is 4.74 Å². The van der Waals surface area contributed by atoms with Gasteiger partial charge in [0.25, 0.3) is 0 Å². The van der Waals surface area contributed by atoms with Crippen LogP contribution in [0.5, 0.6) is 0 Å². The predicted molar refractivity (Wildman–Crippen MR) is 58.1 cm³/mol. The van der Waals surface area contributed by atoms with Crippen molar-refractivity contribution in [2.24, 2.45) is 7.05 Å². The molecule has 0 radical (unpaired) electrons. The lowest BCUT2D eigenvalue weighted by molar-refractivity contribution is 0.0760. The van der Waals surface area contributed by atoms with E-state index in [4.69, 9.17) is 4.74 Å². The Hall–Kier alpha value is -1.16. The molecule has 84 valence electrons. The number of carbonyl (C=O) groups excluding carboxylic acids is 1. The summed E-state index contributed by atoms with van der Waals surface area (Å²) in [7, 11) is 1.84. The average Bonchev–Trinajstić information content (AvgIpc) is 2.41. The molecule has 0 aromatic carbocycles. The van der Waals surface area contributed by atoms with Crippen LogP contribution in [0.15, 0.2) is 0 Å². The molecule has 0 amide bonds. The minimum Gasteiger partial charge on any atom is -0.373 e. The molecule has 0 atom stereocenters. The molecule has 0 saturated carbocycles. The zero-order valence-corrected chi connectivity index (χ0v) is 9.83. The number of carbonyl (C=O) groups is 1. The fraction of sp³-hybridized carbons (Fsp3) is 0.636. The summed E-state index contributed by atoms with van der Waals surface area (Å²) < 4.78 is 6.96. The maximum atomic E-state index is 11.8. The Labute approximate surface area is 90.2 Å². The third-order valence-electron chi connectivity index (χ3n) is 2.37. The molecule has 0 N–H and O–H groups in total. The van der Waals surface area contributed by atoms with Crippen LogP contribution in [0.3, 0.4) is 0 Å². The van der Waals surface area contributed by atoms with Crippen LogP contribution in [0.1, 0.15) is 35.1 Å². The van der Waals surface area contributed by atoms with Crippen LogP contribution in [-0.2, 0) is 11.8 Å². The Morgan fingerprint density at radius 1 is 1.47 bits per heavy atom. The van der Waals surface area contributed by atoms with Crippen LogP contribution >= 0.6 is 0 Å². The van der Waals surface area contributed by atoms with E-state index < -0.39 is 0 Å². The highest BCUT2D eigenvalue weighted by molar-refractivity contribution is 5.99. The molecule has 4 nitrogen and oxygen atoms in total. The maximum absolute atomic E-state index is 11.8. The molecule has 0 bridgehead atoms. The van der Waals surface area contributed by atoms with E-state index in [2.05, 4.69) is 5.10 Å². The number of hydrogen-bond acceptors (Lipinski definition) is 3. The molecule has 0 saturated heterocycles. The second-order valence-corrected chi connectivity index (χ2v) is 3.65. The molecular weight excluding hydrogens is 192 g/mol. The summed E-state index contributed by atoms with van der Waals surface area (Å²) >= 11 is 0. The molecule has 0 unspecified atom stereocenters. The van der Waals surface area contributed by atoms with E-state index in [1.807, 2.05) is 27.8 Å². The maximum Gasteiger partial charge on any atom is 0.192 e. The van der Waals surface area contributed by atoms with Gasteiger partial charge in [0.1, 0.15) is 6.61 Å². The number of Topliss-reactive ketones (excluding diaryl/α,β-unsaturated/α-hetero) is 1. The van der Waals surface area contributed by atoms with Crippen molar-refractivity contribution in [2.45, 2.75) is 27.2 Å². The molecular formula is C11H18N2O2. The van der Waals surface area contributed by atoms with E-state index in [0.717, 1.165) is 17.8 Å². The van der Waals surface area contributed by atoms with Gasteiger partial charge in [-0.2, -0.15) is 5.10 Å². The summed E-state index contributed by atoms with van der Waals surface area (Å²) in [5.41, 5.74) is 2.38. The quantitative estimate of drug-likeness (QED) is 0.548. The summed E-state index contributed by atoms with van der Waals surface area (Å²) in [4.78, 5) is 11.8. The summed E-state index contributed by atoms with van der Waals surface area (Å²) in [5, 5.41) is 4.20. The van der Waals surface area contributed by atoms with E-state index >= 15 is 0 Å². The standard InChI is InChI=1S/C11H18N2O2/c1-5-6-15-7-10(14)11-8(2)12-13(4)9(11)3/h5-7H2,1-4H3. The Kier molecular flexibility index (Phi) is 4.03. The summed E-state index contributed by atoms with van der Waals surface area (Å²) in [6, 6.07) is 0. The molecule has 0 spiro atoms. The van der Waals surface area contributed by atoms with Crippen LogP contribution in [-0.4, -0.2) is 28.8 Å². The number of ketones is 1. The van der Waals surface area contributed by atoms with Crippen molar-refractivity contribution in [3.8, 4) is 0 Å². The van der Waals surface area contributed by atoms with Crippen molar-refractivity contribution in [2.75, 3.05) is 13.2 Å². The molecule has 0 aliphatic heterocycles. The second kappa shape index (κ2) is 5.07. The molecule has 15 heavy (non-hydrogen) atoms. The molecule has 1 aromatic rings. The molecule has 1 rings (SSSR count). The smallest absolute Gasteiger partial charge is 0.192 e. The zero-order valence-electron chi connectivity index (χ0n) is 9.83. The number of rotatable bonds is 5. The minimum atomic E-state index is 0.0200. The summed E-state index contributed by atoms with van der Waals surface area (Å²) in [6.07, 6.45) is 0.929. The van der Waals surface area contributed by atoms with Gasteiger partial charge in [0.2, 0.25) is 0 Å². The second-order valence-electron chi connectivity index (χ2n) is 3.65. The first-order valence-electron chi connectivity index (χ1n) is 5.19. The fourth-order valence-electron chi connectivity index (χ4n) is 1.56. The van der Waals surface area contributed by atoms with Crippen molar-refractivity contribution in [3.05, 3.63) is 17.0 Å². The fourth-order valence-corrected chi connectivity index (χ4v) is 1.56. The van der Waals surface area contributed by atoms with Crippen LogP contribution in [0, 0.1) is 13.8 Å². The van der Waals surface area contributed by atoms with Crippen molar-refractivity contribution in [3.63, 3.8) is 0 Å². The molecule has 0 aliphatic rings. The SMILES string of the molecule is CCCOCC(=O)c1c(C)nn(C)c1C. The lowest BCUT2D eigenvalue weighted by Crippen LogP contribution is -2.11. The number of nitrogens with zero attached hydrogens (tertiary/aromatic N) is 2. The topological polar surface area (TPSA) is 44.1 Å². The third-order valence-corrected chi connectivity index (χ3v) is 2.37. The number of aryl methyl sites for hydroxylation is 2. The first kappa shape index (κ1) is 11.9. The first-order valence-corrected chi connectivity index (χ1v) is 5.19. The van der Waals surface area contributed by atoms with Gasteiger partial charge in [0.15, 0.2) is 5.78 Å². The van der Waals surface area contributed by atoms with Gasteiger partial charge in [-0.15, -0.1) is 0 Å². The summed E-state index contributed by atoms with van der Waals surface area (Å²) in [5.74, 6) is 0.0200. The van der Waals surface area contributed by atoms with E-state index in [0.29, 0.717) is 12.2 Å². The van der Waals surface area contributed by atoms with Crippen LogP contribution in [0.2, 0.25) is 0 Å². The van der Waals surface area contributed by atoms with Crippen molar-refractivity contribution in [1.82, 2.24) is 9.78 Å². The number of hydrogen-bond donors (Lipinski definition) is 0. The number of aromatic nitrogens is 2. The molecule has 0 fully saturated rings. The molecule has 1 aromatic heterocycles. The van der Waals surface area contributed by atoms with Crippen LogP contribution in [0.25, 0.3) is 0 Å². The third kappa shape index (κ3) is 2.65. The predicted octanol–water partition coefficient (Wildman–Crippen LogP) is 1.65. The van der Waals surface area contributed by atoms with Gasteiger partial charge in [-0.3, -0.25) is 9.48 Å². The first-order chi connectivity index (χ1) is 7.07. The minimum absolute atomic E-state index is 0.0200. The normalized spacial score (nSPS) is 10.7. The zero-order chi connectivity index (χ0) is 11.4. The van der Waals surface area contributed by atoms with E-state index in [-0.39, 0.29) is 12.4 Å². The van der Waals surface area contributed by atoms with Crippen molar-refractivity contribution in [1.29, 1.82) is 0 Å². The molecule has 4 heteroatoms. The Morgan fingerprint density at radius 3 is 2.60 bits per heavy atom. The van der Waals surface area contributed by atoms with Gasteiger partial charge in [-0.1, -0.05) is 6.92 Å². The van der Waals surface area contributed by atoms with Gasteiger partial charge in [0.05, 0.1) is 11.3 Å². The van der Waals surface area contributed by atoms with E-state index in [9.17, 15) is 4.79 Å². The Balaban J connectivity index is 2.73. The Morgan fingerprint density at radius 2 is 2.13 bits per heavy atom. The summed E-state index contributed by atoms with van der Waals surface area (Å²) in [6.45, 7) is 6.55. The molecule has 0 aliphatic carbocycles. The Bertz CT molecular complexity index is 356. The average molecular weight is 210 g/mol. The van der Waals surface area contributed by atoms with Crippen LogP contribution in [0.4, 0.5) is 0 Å². The highest BCUT2D eigenvalue weighted by Gasteiger charge is 2.16. The van der Waals surface area contributed by atoms with Gasteiger partial charge >= 0.3 is 0 Å². The number of ether oxygens (including phenoxy) is 1. The lowest BCUT2D eigenvalue weighted by atomic mass is 10.1.